The number of hydrogen-bond donors (Lipinski definition) is 0. The Morgan fingerprint density at radius 2 is 0.672 bits per heavy atom. The Hall–Kier alpha value is -8.14. The van der Waals surface area contributed by atoms with E-state index in [0.29, 0.717) is 0 Å². The Labute approximate surface area is 353 Å². The fraction of sp³-hybridized carbons (Fsp3) is 0. The van der Waals surface area contributed by atoms with Crippen LogP contribution in [0.25, 0.3) is 99.2 Å². The third-order valence-corrected chi connectivity index (χ3v) is 12.1. The third-order valence-electron chi connectivity index (χ3n) is 12.1. The summed E-state index contributed by atoms with van der Waals surface area (Å²) in [4.78, 5) is 2.33. The first-order chi connectivity index (χ1) is 30.2. The summed E-state index contributed by atoms with van der Waals surface area (Å²) in [6.45, 7) is 0. The average molecular weight is 780 g/mol. The van der Waals surface area contributed by atoms with Crippen molar-refractivity contribution in [2.45, 2.75) is 0 Å². The largest absolute Gasteiger partial charge is 0.455 e. The minimum absolute atomic E-state index is 0.900. The van der Waals surface area contributed by atoms with Crippen molar-refractivity contribution in [3.8, 4) is 44.5 Å². The molecule has 61 heavy (non-hydrogen) atoms. The summed E-state index contributed by atoms with van der Waals surface area (Å²) in [5.41, 5.74) is 15.9. The lowest BCUT2D eigenvalue weighted by atomic mass is 9.95. The summed E-state index contributed by atoms with van der Waals surface area (Å²) in [6, 6.07) is 79.9. The van der Waals surface area contributed by atoms with Gasteiger partial charge in [0.2, 0.25) is 0 Å². The molecule has 0 radical (unpaired) electrons. The van der Waals surface area contributed by atoms with Gasteiger partial charge in [-0.1, -0.05) is 170 Å². The Morgan fingerprint density at radius 3 is 1.25 bits per heavy atom. The van der Waals surface area contributed by atoms with E-state index in [9.17, 15) is 0 Å². The van der Waals surface area contributed by atoms with Gasteiger partial charge in [-0.05, 0) is 98.8 Å². The van der Waals surface area contributed by atoms with Crippen LogP contribution in [0.5, 0.6) is 0 Å². The highest BCUT2D eigenvalue weighted by atomic mass is 16.3. The average Bonchev–Trinajstić information content (AvgIpc) is 3.91. The van der Waals surface area contributed by atoms with Gasteiger partial charge in [-0.3, -0.25) is 0 Å². The lowest BCUT2D eigenvalue weighted by Gasteiger charge is -2.26. The van der Waals surface area contributed by atoms with E-state index in [1.807, 2.05) is 24.3 Å². The first kappa shape index (κ1) is 34.9. The molecular formula is C58H37NO2. The smallest absolute Gasteiger partial charge is 0.143 e. The van der Waals surface area contributed by atoms with E-state index in [4.69, 9.17) is 8.83 Å². The second-order valence-electron chi connectivity index (χ2n) is 15.6. The van der Waals surface area contributed by atoms with Crippen LogP contribution in [0.15, 0.2) is 233 Å². The van der Waals surface area contributed by atoms with Crippen molar-refractivity contribution in [3.05, 3.63) is 224 Å². The van der Waals surface area contributed by atoms with Crippen LogP contribution >= 0.6 is 0 Å². The standard InChI is InChI=1S/C58H37NO2/c1-2-15-47-39(11-1)12-8-18-48(47)43-14-7-13-42(37-43)38-25-31-44(32-26-38)59(45-33-27-40(28-34-45)49-19-9-21-53-51-16-3-5-23-55(51)60-57(49)53)46-35-29-41(30-36-46)50-20-10-22-54-52-17-4-6-24-56(52)61-58(50)54/h1-37H. The molecule has 2 aromatic heterocycles. The van der Waals surface area contributed by atoms with Crippen molar-refractivity contribution < 1.29 is 8.83 Å². The SMILES string of the molecule is c1cc(-c2ccc(N(c3ccc(-c4cccc5c4oc4ccccc45)cc3)c3ccc(-c4cccc5c4oc4ccccc45)cc3)cc2)cc(-c2cccc3ccccc23)c1. The topological polar surface area (TPSA) is 29.5 Å². The Balaban J connectivity index is 0.933. The highest BCUT2D eigenvalue weighted by molar-refractivity contribution is 6.10. The molecule has 0 atom stereocenters. The van der Waals surface area contributed by atoms with Crippen molar-refractivity contribution in [1.82, 2.24) is 0 Å². The minimum atomic E-state index is 0.900. The van der Waals surface area contributed by atoms with Crippen LogP contribution in [0, 0.1) is 0 Å². The summed E-state index contributed by atoms with van der Waals surface area (Å²) in [7, 11) is 0. The van der Waals surface area contributed by atoms with Gasteiger partial charge in [0.15, 0.2) is 0 Å². The molecule has 0 unspecified atom stereocenters. The summed E-state index contributed by atoms with van der Waals surface area (Å²) >= 11 is 0. The number of rotatable bonds is 7. The maximum absolute atomic E-state index is 6.43. The number of fused-ring (bicyclic) bond motifs is 7. The molecule has 3 nitrogen and oxygen atoms in total. The van der Waals surface area contributed by atoms with E-state index >= 15 is 0 Å². The molecule has 12 rings (SSSR count). The second-order valence-corrected chi connectivity index (χ2v) is 15.6. The Morgan fingerprint density at radius 1 is 0.262 bits per heavy atom. The van der Waals surface area contributed by atoms with Crippen LogP contribution in [-0.4, -0.2) is 0 Å². The molecule has 0 N–H and O–H groups in total. The summed E-state index contributed by atoms with van der Waals surface area (Å²) < 4.78 is 12.9. The predicted molar refractivity (Wildman–Crippen MR) is 255 cm³/mol. The van der Waals surface area contributed by atoms with Gasteiger partial charge in [0.1, 0.15) is 22.3 Å². The molecule has 0 saturated carbocycles. The van der Waals surface area contributed by atoms with Crippen LogP contribution < -0.4 is 4.90 Å². The zero-order chi connectivity index (χ0) is 40.3. The fourth-order valence-corrected chi connectivity index (χ4v) is 9.12. The Bertz CT molecular complexity index is 3410. The highest BCUT2D eigenvalue weighted by Crippen LogP contribution is 2.42. The van der Waals surface area contributed by atoms with Crippen molar-refractivity contribution >= 4 is 71.7 Å². The van der Waals surface area contributed by atoms with Crippen LogP contribution in [-0.2, 0) is 0 Å². The zero-order valence-electron chi connectivity index (χ0n) is 33.1. The molecule has 12 aromatic rings. The quantitative estimate of drug-likeness (QED) is 0.161. The van der Waals surface area contributed by atoms with Crippen molar-refractivity contribution in [1.29, 1.82) is 0 Å². The van der Waals surface area contributed by atoms with Gasteiger partial charge in [-0.15, -0.1) is 0 Å². The molecule has 0 aliphatic rings. The lowest BCUT2D eigenvalue weighted by Crippen LogP contribution is -2.09. The number of nitrogens with zero attached hydrogens (tertiary/aromatic N) is 1. The second kappa shape index (κ2) is 14.3. The van der Waals surface area contributed by atoms with Crippen LogP contribution in [0.4, 0.5) is 17.1 Å². The normalized spacial score (nSPS) is 11.6. The van der Waals surface area contributed by atoms with E-state index in [2.05, 4.69) is 205 Å². The van der Waals surface area contributed by atoms with Crippen molar-refractivity contribution in [3.63, 3.8) is 0 Å². The molecule has 0 spiro atoms. The van der Waals surface area contributed by atoms with Gasteiger partial charge in [0.05, 0.1) is 0 Å². The molecular weight excluding hydrogens is 743 g/mol. The molecule has 0 amide bonds. The van der Waals surface area contributed by atoms with E-state index in [1.165, 1.54) is 27.5 Å². The van der Waals surface area contributed by atoms with Gasteiger partial charge in [-0.2, -0.15) is 0 Å². The molecule has 3 heteroatoms. The lowest BCUT2D eigenvalue weighted by molar-refractivity contribution is 0.669. The number of benzene rings is 10. The molecule has 0 bridgehead atoms. The van der Waals surface area contributed by atoms with E-state index < -0.39 is 0 Å². The van der Waals surface area contributed by atoms with Gasteiger partial charge >= 0.3 is 0 Å². The number of para-hydroxylation sites is 4. The first-order valence-electron chi connectivity index (χ1n) is 20.7. The third kappa shape index (κ3) is 5.98. The number of hydrogen-bond acceptors (Lipinski definition) is 3. The monoisotopic (exact) mass is 779 g/mol. The first-order valence-corrected chi connectivity index (χ1v) is 20.7. The van der Waals surface area contributed by atoms with Gasteiger partial charge in [0, 0.05) is 49.7 Å². The summed E-state index contributed by atoms with van der Waals surface area (Å²) in [5, 5.41) is 7.01. The highest BCUT2D eigenvalue weighted by Gasteiger charge is 2.18. The maximum Gasteiger partial charge on any atom is 0.143 e. The van der Waals surface area contributed by atoms with E-state index in [-0.39, 0.29) is 0 Å². The molecule has 0 fully saturated rings. The predicted octanol–water partition coefficient (Wildman–Crippen LogP) is 16.8. The van der Waals surface area contributed by atoms with Crippen LogP contribution in [0.1, 0.15) is 0 Å². The van der Waals surface area contributed by atoms with E-state index in [1.54, 1.807) is 0 Å². The Kier molecular flexibility index (Phi) is 8.17. The van der Waals surface area contributed by atoms with E-state index in [0.717, 1.165) is 88.8 Å². The molecule has 10 aromatic carbocycles. The molecule has 286 valence electrons. The minimum Gasteiger partial charge on any atom is -0.455 e. The van der Waals surface area contributed by atoms with Gasteiger partial charge < -0.3 is 13.7 Å². The molecule has 0 saturated heterocycles. The molecule has 2 heterocycles. The maximum atomic E-state index is 6.43. The fourth-order valence-electron chi connectivity index (χ4n) is 9.12. The van der Waals surface area contributed by atoms with Crippen molar-refractivity contribution in [2.75, 3.05) is 4.90 Å². The summed E-state index contributed by atoms with van der Waals surface area (Å²) in [6.07, 6.45) is 0. The zero-order valence-corrected chi connectivity index (χ0v) is 33.1. The number of anilines is 3. The van der Waals surface area contributed by atoms with Crippen molar-refractivity contribution in [2.24, 2.45) is 0 Å². The van der Waals surface area contributed by atoms with Gasteiger partial charge in [-0.25, -0.2) is 0 Å². The molecule has 0 aliphatic heterocycles. The van der Waals surface area contributed by atoms with Crippen LogP contribution in [0.3, 0.4) is 0 Å². The summed E-state index contributed by atoms with van der Waals surface area (Å²) in [5.74, 6) is 0. The van der Waals surface area contributed by atoms with Crippen LogP contribution in [0.2, 0.25) is 0 Å². The van der Waals surface area contributed by atoms with Gasteiger partial charge in [0.25, 0.3) is 0 Å². The number of furan rings is 2. The molecule has 0 aliphatic carbocycles.